The third kappa shape index (κ3) is 9.40. The number of rotatable bonds is 9. The summed E-state index contributed by atoms with van der Waals surface area (Å²) >= 11 is 0. The molecule has 200 valence electrons. The third-order valence-electron chi connectivity index (χ3n) is 5.36. The molecular weight excluding hydrogens is 492 g/mol. The Morgan fingerprint density at radius 1 is 1.08 bits per heavy atom. The van der Waals surface area contributed by atoms with Gasteiger partial charge in [-0.2, -0.15) is 8.42 Å². The zero-order valence-electron chi connectivity index (χ0n) is 21.9. The van der Waals surface area contributed by atoms with Crippen molar-refractivity contribution in [3.8, 4) is 5.75 Å². The van der Waals surface area contributed by atoms with Gasteiger partial charge < -0.3 is 20.7 Å². The normalized spacial score (nSPS) is 11.8. The van der Waals surface area contributed by atoms with Crippen molar-refractivity contribution in [3.05, 3.63) is 78.1 Å². The van der Waals surface area contributed by atoms with Crippen LogP contribution < -0.4 is 15.8 Å². The minimum atomic E-state index is -4.08. The van der Waals surface area contributed by atoms with Gasteiger partial charge in [-0.05, 0) is 87.9 Å². The number of aryl methyl sites for hydroxylation is 1. The molecule has 4 N–H and O–H groups in total. The number of amides is 1. The topological polar surface area (TPSA) is 135 Å². The zero-order chi connectivity index (χ0) is 27.6. The van der Waals surface area contributed by atoms with E-state index in [0.717, 1.165) is 17.7 Å². The van der Waals surface area contributed by atoms with Crippen LogP contribution in [0.15, 0.2) is 71.9 Å². The van der Waals surface area contributed by atoms with Gasteiger partial charge in [0, 0.05) is 48.3 Å². The molecule has 0 aliphatic rings. The number of carbonyl (C=O) groups excluding carboxylic acids is 1. The Morgan fingerprint density at radius 3 is 2.22 bits per heavy atom. The molecule has 1 unspecified atom stereocenters. The highest BCUT2D eigenvalue weighted by Gasteiger charge is 2.19. The van der Waals surface area contributed by atoms with Gasteiger partial charge in [0.25, 0.3) is 16.0 Å². The lowest BCUT2D eigenvalue weighted by Crippen LogP contribution is -2.36. The number of carbonyl (C=O) groups is 1. The molecule has 0 fully saturated rings. The number of benzene rings is 2. The lowest BCUT2D eigenvalue weighted by Gasteiger charge is -2.26. The second-order valence-electron chi connectivity index (χ2n) is 8.66. The van der Waals surface area contributed by atoms with Gasteiger partial charge in [-0.3, -0.25) is 14.3 Å². The molecule has 3 rings (SSSR count). The molecule has 0 bridgehead atoms. The summed E-state index contributed by atoms with van der Waals surface area (Å²) in [7, 11) is -4.08. The fraction of sp³-hybridized carbons (Fsp3) is 0.333. The molecule has 0 saturated heterocycles. The highest BCUT2D eigenvalue weighted by atomic mass is 32.2. The van der Waals surface area contributed by atoms with E-state index >= 15 is 0 Å². The van der Waals surface area contributed by atoms with E-state index < -0.39 is 10.1 Å². The molecular formula is C27H36N4O5S. The Kier molecular flexibility index (Phi) is 10.9. The van der Waals surface area contributed by atoms with Crippen molar-refractivity contribution in [2.45, 2.75) is 58.2 Å². The van der Waals surface area contributed by atoms with Crippen LogP contribution in [0.1, 0.15) is 50.0 Å². The molecule has 0 aliphatic carbocycles. The summed E-state index contributed by atoms with van der Waals surface area (Å²) in [4.78, 5) is 18.5. The third-order valence-corrected chi connectivity index (χ3v) is 6.23. The summed E-state index contributed by atoms with van der Waals surface area (Å²) < 4.78 is 35.5. The number of pyridine rings is 1. The fourth-order valence-corrected chi connectivity index (χ4v) is 3.98. The van der Waals surface area contributed by atoms with Crippen molar-refractivity contribution in [2.75, 3.05) is 17.6 Å². The van der Waals surface area contributed by atoms with Crippen LogP contribution in [-0.4, -0.2) is 47.6 Å². The van der Waals surface area contributed by atoms with Crippen LogP contribution in [0.2, 0.25) is 0 Å². The molecule has 0 aliphatic heterocycles. The average molecular weight is 529 g/mol. The number of nitrogens with two attached hydrogens (primary N) is 1. The molecule has 1 amide bonds. The first kappa shape index (κ1) is 29.6. The molecule has 1 heterocycles. The molecule has 1 atom stereocenters. The number of nitrogen functional groups attached to an aromatic ring is 1. The maximum atomic E-state index is 12.8. The molecule has 0 saturated carbocycles. The number of hydrogen-bond acceptors (Lipinski definition) is 7. The second-order valence-corrected chi connectivity index (χ2v) is 10.1. The molecule has 10 heteroatoms. The Balaban J connectivity index is 0.000000364. The summed E-state index contributed by atoms with van der Waals surface area (Å²) in [5, 5.41) is 3.34. The quantitative estimate of drug-likeness (QED) is 0.201. The highest BCUT2D eigenvalue weighted by Crippen LogP contribution is 2.22. The first-order valence-corrected chi connectivity index (χ1v) is 13.5. The molecule has 0 spiro atoms. The van der Waals surface area contributed by atoms with Crippen molar-refractivity contribution in [3.63, 3.8) is 0 Å². The van der Waals surface area contributed by atoms with Gasteiger partial charge in [-0.15, -0.1) is 0 Å². The van der Waals surface area contributed by atoms with E-state index in [9.17, 15) is 13.2 Å². The van der Waals surface area contributed by atoms with Crippen molar-refractivity contribution in [1.29, 1.82) is 0 Å². The molecule has 9 nitrogen and oxygen atoms in total. The highest BCUT2D eigenvalue weighted by molar-refractivity contribution is 7.85. The summed E-state index contributed by atoms with van der Waals surface area (Å²) in [6.07, 6.45) is 4.08. The standard InChI is InChI=1S/C21H29N3O2.C6H7NO3S/c1-6-20(23-18-8-10-22-11-9-18)26-19-13-16(5)12-17(14-19)21(25)24(7-2)15(3)4;7-5-1-3-6(4-2-5)11(8,9)10/h8-15,20H,6-7H2,1-5H3,(H,22,23);1-4H,7H2,(H,8,9,10). The summed E-state index contributed by atoms with van der Waals surface area (Å²) in [5.41, 5.74) is 8.37. The number of aromatic nitrogens is 1. The number of ether oxygens (including phenoxy) is 1. The van der Waals surface area contributed by atoms with Crippen molar-refractivity contribution in [1.82, 2.24) is 9.88 Å². The van der Waals surface area contributed by atoms with Crippen LogP contribution in [0.25, 0.3) is 0 Å². The maximum Gasteiger partial charge on any atom is 0.294 e. The van der Waals surface area contributed by atoms with E-state index in [2.05, 4.69) is 17.2 Å². The number of hydrogen-bond donors (Lipinski definition) is 3. The van der Waals surface area contributed by atoms with Gasteiger partial charge in [-0.25, -0.2) is 0 Å². The predicted molar refractivity (Wildman–Crippen MR) is 146 cm³/mol. The monoisotopic (exact) mass is 528 g/mol. The van der Waals surface area contributed by atoms with E-state index in [4.69, 9.17) is 15.0 Å². The van der Waals surface area contributed by atoms with Gasteiger partial charge in [-0.1, -0.05) is 6.92 Å². The lowest BCUT2D eigenvalue weighted by molar-refractivity contribution is 0.0716. The lowest BCUT2D eigenvalue weighted by atomic mass is 10.1. The largest absolute Gasteiger partial charge is 0.471 e. The van der Waals surface area contributed by atoms with Crippen LogP contribution in [0.4, 0.5) is 11.4 Å². The van der Waals surface area contributed by atoms with E-state index in [1.165, 1.54) is 24.3 Å². The minimum absolute atomic E-state index is 0.0335. The Morgan fingerprint density at radius 2 is 1.70 bits per heavy atom. The smallest absolute Gasteiger partial charge is 0.294 e. The molecule has 3 aromatic rings. The van der Waals surface area contributed by atoms with Gasteiger partial charge in [0.1, 0.15) is 5.75 Å². The fourth-order valence-electron chi connectivity index (χ4n) is 3.50. The van der Waals surface area contributed by atoms with Gasteiger partial charge in [0.2, 0.25) is 0 Å². The van der Waals surface area contributed by atoms with Crippen LogP contribution in [-0.2, 0) is 10.1 Å². The van der Waals surface area contributed by atoms with Gasteiger partial charge in [0.05, 0.1) is 4.90 Å². The first-order chi connectivity index (χ1) is 17.4. The SMILES string of the molecule is CCC(Nc1ccncc1)Oc1cc(C)cc(C(=O)N(CC)C(C)C)c1.Nc1ccc(S(=O)(=O)O)cc1. The second kappa shape index (κ2) is 13.6. The van der Waals surface area contributed by atoms with E-state index in [0.29, 0.717) is 23.5 Å². The number of nitrogens with zero attached hydrogens (tertiary/aromatic N) is 2. The molecule has 0 radical (unpaired) electrons. The Hall–Kier alpha value is -3.63. The van der Waals surface area contributed by atoms with E-state index in [1.807, 2.05) is 62.9 Å². The van der Waals surface area contributed by atoms with E-state index in [1.54, 1.807) is 12.4 Å². The zero-order valence-corrected chi connectivity index (χ0v) is 22.7. The predicted octanol–water partition coefficient (Wildman–Crippen LogP) is 5.00. The van der Waals surface area contributed by atoms with Crippen molar-refractivity contribution >= 4 is 27.4 Å². The summed E-state index contributed by atoms with van der Waals surface area (Å²) in [5.74, 6) is 0.729. The van der Waals surface area contributed by atoms with Crippen molar-refractivity contribution in [2.24, 2.45) is 0 Å². The number of anilines is 2. The van der Waals surface area contributed by atoms with Gasteiger partial charge >= 0.3 is 0 Å². The first-order valence-electron chi connectivity index (χ1n) is 12.0. The summed E-state index contributed by atoms with van der Waals surface area (Å²) in [6.45, 7) is 10.8. The van der Waals surface area contributed by atoms with E-state index in [-0.39, 0.29) is 23.1 Å². The maximum absolute atomic E-state index is 12.8. The van der Waals surface area contributed by atoms with Crippen LogP contribution in [0, 0.1) is 6.92 Å². The van der Waals surface area contributed by atoms with Crippen molar-refractivity contribution < 1.29 is 22.5 Å². The van der Waals surface area contributed by atoms with Crippen LogP contribution in [0.3, 0.4) is 0 Å². The molecule has 37 heavy (non-hydrogen) atoms. The van der Waals surface area contributed by atoms with Crippen LogP contribution in [0.5, 0.6) is 5.75 Å². The molecule has 2 aromatic carbocycles. The Bertz CT molecular complexity index is 1250. The summed E-state index contributed by atoms with van der Waals surface area (Å²) in [6, 6.07) is 15.0. The Labute approximate surface area is 219 Å². The van der Waals surface area contributed by atoms with Crippen LogP contribution >= 0.6 is 0 Å². The van der Waals surface area contributed by atoms with Gasteiger partial charge in [0.15, 0.2) is 6.23 Å². The average Bonchev–Trinajstić information content (AvgIpc) is 2.84. The number of nitrogens with one attached hydrogen (secondary N) is 1. The minimum Gasteiger partial charge on any atom is -0.471 e. The molecule has 1 aromatic heterocycles.